The minimum atomic E-state index is 0.299. The molecule has 1 unspecified atom stereocenters. The molecule has 0 spiro atoms. The first kappa shape index (κ1) is 14.1. The molecule has 3 heteroatoms. The molecule has 2 N–H and O–H groups in total. The van der Waals surface area contributed by atoms with Crippen molar-refractivity contribution >= 4 is 0 Å². The summed E-state index contributed by atoms with van der Waals surface area (Å²) in [5.74, 6) is 0.559. The van der Waals surface area contributed by atoms with Crippen molar-refractivity contribution in [3.8, 4) is 0 Å². The van der Waals surface area contributed by atoms with Gasteiger partial charge in [0.15, 0.2) is 0 Å². The van der Waals surface area contributed by atoms with Gasteiger partial charge in [0.2, 0.25) is 0 Å². The summed E-state index contributed by atoms with van der Waals surface area (Å²) in [6.45, 7) is 9.55. The average Bonchev–Trinajstić information content (AvgIpc) is 2.35. The van der Waals surface area contributed by atoms with Gasteiger partial charge in [0.05, 0.1) is 5.69 Å². The quantitative estimate of drug-likeness (QED) is 0.788. The molecule has 3 nitrogen and oxygen atoms in total. The van der Waals surface area contributed by atoms with Crippen LogP contribution in [0.25, 0.3) is 0 Å². The van der Waals surface area contributed by atoms with Gasteiger partial charge >= 0.3 is 0 Å². The summed E-state index contributed by atoms with van der Waals surface area (Å²) in [5.41, 5.74) is 7.20. The number of rotatable bonds is 7. The maximum atomic E-state index is 6.07. The third-order valence-electron chi connectivity index (χ3n) is 3.19. The second kappa shape index (κ2) is 7.41. The molecule has 96 valence electrons. The van der Waals surface area contributed by atoms with E-state index in [4.69, 9.17) is 5.73 Å². The molecule has 0 radical (unpaired) electrons. The van der Waals surface area contributed by atoms with E-state index in [1.165, 1.54) is 0 Å². The molecule has 1 rings (SSSR count). The normalized spacial score (nSPS) is 13.3. The van der Waals surface area contributed by atoms with Crippen LogP contribution in [0.4, 0.5) is 0 Å². The molecule has 0 saturated carbocycles. The highest BCUT2D eigenvalue weighted by atomic mass is 15.1. The van der Waals surface area contributed by atoms with Crippen LogP contribution in [0.1, 0.15) is 32.9 Å². The van der Waals surface area contributed by atoms with Gasteiger partial charge in [-0.2, -0.15) is 0 Å². The summed E-state index contributed by atoms with van der Waals surface area (Å²) in [6.07, 6.45) is 2.90. The molecule has 0 aromatic carbocycles. The lowest BCUT2D eigenvalue weighted by Crippen LogP contribution is -2.33. The molecule has 17 heavy (non-hydrogen) atoms. The summed E-state index contributed by atoms with van der Waals surface area (Å²) in [6, 6.07) is 6.36. The Morgan fingerprint density at radius 1 is 1.35 bits per heavy atom. The minimum absolute atomic E-state index is 0.299. The molecular weight excluding hydrogens is 210 g/mol. The molecule has 0 saturated heterocycles. The van der Waals surface area contributed by atoms with Gasteiger partial charge in [-0.3, -0.25) is 9.88 Å². The van der Waals surface area contributed by atoms with E-state index in [0.717, 1.165) is 31.7 Å². The largest absolute Gasteiger partial charge is 0.327 e. The summed E-state index contributed by atoms with van der Waals surface area (Å²) in [5, 5.41) is 0. The van der Waals surface area contributed by atoms with Crippen molar-refractivity contribution < 1.29 is 0 Å². The van der Waals surface area contributed by atoms with Gasteiger partial charge in [-0.25, -0.2) is 0 Å². The summed E-state index contributed by atoms with van der Waals surface area (Å²) in [4.78, 5) is 6.75. The number of aromatic nitrogens is 1. The van der Waals surface area contributed by atoms with Crippen molar-refractivity contribution in [1.29, 1.82) is 0 Å². The molecule has 0 aliphatic heterocycles. The van der Waals surface area contributed by atoms with Crippen LogP contribution >= 0.6 is 0 Å². The van der Waals surface area contributed by atoms with Gasteiger partial charge in [-0.1, -0.05) is 26.8 Å². The Labute approximate surface area is 105 Å². The molecule has 0 fully saturated rings. The molecular formula is C14H25N3. The van der Waals surface area contributed by atoms with E-state index in [2.05, 4.69) is 36.7 Å². The zero-order valence-corrected chi connectivity index (χ0v) is 11.3. The fraction of sp³-hybridized carbons (Fsp3) is 0.643. The standard InChI is InChI=1S/C14H25N3/c1-4-17(10-8-14(15)12(2)3)11-13-7-5-6-9-16-13/h5-7,9,12,14H,4,8,10-11,15H2,1-3H3. The van der Waals surface area contributed by atoms with Crippen LogP contribution in [-0.4, -0.2) is 29.0 Å². The molecule has 1 aromatic heterocycles. The first-order chi connectivity index (χ1) is 8.13. The molecule has 0 aliphatic carbocycles. The van der Waals surface area contributed by atoms with Crippen LogP contribution in [0.2, 0.25) is 0 Å². The van der Waals surface area contributed by atoms with Crippen molar-refractivity contribution in [3.63, 3.8) is 0 Å². The van der Waals surface area contributed by atoms with Crippen molar-refractivity contribution in [1.82, 2.24) is 9.88 Å². The van der Waals surface area contributed by atoms with Crippen molar-refractivity contribution in [2.45, 2.75) is 39.8 Å². The van der Waals surface area contributed by atoms with Crippen LogP contribution < -0.4 is 5.73 Å². The third-order valence-corrected chi connectivity index (χ3v) is 3.19. The van der Waals surface area contributed by atoms with Crippen LogP contribution in [0.3, 0.4) is 0 Å². The van der Waals surface area contributed by atoms with Gasteiger partial charge in [0.1, 0.15) is 0 Å². The lowest BCUT2D eigenvalue weighted by molar-refractivity contribution is 0.256. The van der Waals surface area contributed by atoms with E-state index in [1.807, 2.05) is 18.3 Å². The minimum Gasteiger partial charge on any atom is -0.327 e. The maximum Gasteiger partial charge on any atom is 0.0543 e. The monoisotopic (exact) mass is 235 g/mol. The first-order valence-corrected chi connectivity index (χ1v) is 6.51. The maximum absolute atomic E-state index is 6.07. The predicted octanol–water partition coefficient (Wildman–Crippen LogP) is 2.28. The fourth-order valence-corrected chi connectivity index (χ4v) is 1.73. The smallest absolute Gasteiger partial charge is 0.0543 e. The SMILES string of the molecule is CCN(CCC(N)C(C)C)Cc1ccccn1. The second-order valence-electron chi connectivity index (χ2n) is 4.89. The zero-order valence-electron chi connectivity index (χ0n) is 11.3. The van der Waals surface area contributed by atoms with E-state index >= 15 is 0 Å². The van der Waals surface area contributed by atoms with Crippen LogP contribution in [0.15, 0.2) is 24.4 Å². The van der Waals surface area contributed by atoms with Crippen molar-refractivity contribution in [2.75, 3.05) is 13.1 Å². The zero-order chi connectivity index (χ0) is 12.7. The summed E-state index contributed by atoms with van der Waals surface area (Å²) in [7, 11) is 0. The fourth-order valence-electron chi connectivity index (χ4n) is 1.73. The Kier molecular flexibility index (Phi) is 6.16. The third kappa shape index (κ3) is 5.29. The Morgan fingerprint density at radius 2 is 2.12 bits per heavy atom. The number of nitrogens with zero attached hydrogens (tertiary/aromatic N) is 2. The molecule has 0 amide bonds. The van der Waals surface area contributed by atoms with E-state index < -0.39 is 0 Å². The topological polar surface area (TPSA) is 42.1 Å². The second-order valence-corrected chi connectivity index (χ2v) is 4.89. The van der Waals surface area contributed by atoms with Crippen LogP contribution in [0, 0.1) is 5.92 Å². The van der Waals surface area contributed by atoms with Crippen molar-refractivity contribution in [2.24, 2.45) is 11.7 Å². The van der Waals surface area contributed by atoms with Gasteiger partial charge < -0.3 is 5.73 Å². The summed E-state index contributed by atoms with van der Waals surface area (Å²) >= 11 is 0. The van der Waals surface area contributed by atoms with E-state index in [1.54, 1.807) is 0 Å². The van der Waals surface area contributed by atoms with Crippen LogP contribution in [-0.2, 0) is 6.54 Å². The van der Waals surface area contributed by atoms with E-state index in [-0.39, 0.29) is 0 Å². The highest BCUT2D eigenvalue weighted by Crippen LogP contribution is 2.06. The predicted molar refractivity (Wildman–Crippen MR) is 72.6 cm³/mol. The number of pyridine rings is 1. The molecule has 1 atom stereocenters. The number of hydrogen-bond donors (Lipinski definition) is 1. The first-order valence-electron chi connectivity index (χ1n) is 6.51. The highest BCUT2D eigenvalue weighted by Gasteiger charge is 2.10. The molecule has 1 heterocycles. The Balaban J connectivity index is 2.39. The van der Waals surface area contributed by atoms with Crippen molar-refractivity contribution in [3.05, 3.63) is 30.1 Å². The Morgan fingerprint density at radius 3 is 2.65 bits per heavy atom. The van der Waals surface area contributed by atoms with E-state index in [0.29, 0.717) is 12.0 Å². The number of nitrogens with two attached hydrogens (primary N) is 1. The lowest BCUT2D eigenvalue weighted by Gasteiger charge is -2.23. The van der Waals surface area contributed by atoms with Gasteiger partial charge in [0.25, 0.3) is 0 Å². The van der Waals surface area contributed by atoms with E-state index in [9.17, 15) is 0 Å². The van der Waals surface area contributed by atoms with Crippen LogP contribution in [0.5, 0.6) is 0 Å². The summed E-state index contributed by atoms with van der Waals surface area (Å²) < 4.78 is 0. The molecule has 0 aliphatic rings. The lowest BCUT2D eigenvalue weighted by atomic mass is 10.0. The van der Waals surface area contributed by atoms with Gasteiger partial charge in [-0.05, 0) is 31.0 Å². The van der Waals surface area contributed by atoms with Gasteiger partial charge in [0, 0.05) is 25.3 Å². The highest BCUT2D eigenvalue weighted by molar-refractivity contribution is 5.03. The Bertz CT molecular complexity index is 298. The average molecular weight is 235 g/mol. The molecule has 1 aromatic rings. The molecule has 0 bridgehead atoms. The number of hydrogen-bond acceptors (Lipinski definition) is 3. The Hall–Kier alpha value is -0.930. The van der Waals surface area contributed by atoms with Gasteiger partial charge in [-0.15, -0.1) is 0 Å².